The maximum atomic E-state index is 13.3. The van der Waals surface area contributed by atoms with Crippen molar-refractivity contribution in [2.75, 3.05) is 26.7 Å². The Balaban J connectivity index is 1.89. The average Bonchev–Trinajstić information content (AvgIpc) is 2.77. The first-order valence-corrected chi connectivity index (χ1v) is 10.9. The summed E-state index contributed by atoms with van der Waals surface area (Å²) >= 11 is 0. The molecule has 2 aromatic rings. The van der Waals surface area contributed by atoms with E-state index in [2.05, 4.69) is 36.0 Å². The molecule has 0 saturated heterocycles. The second-order valence-electron chi connectivity index (χ2n) is 8.43. The van der Waals surface area contributed by atoms with E-state index in [1.807, 2.05) is 50.3 Å². The molecule has 1 aliphatic heterocycles. The fourth-order valence-corrected chi connectivity index (χ4v) is 3.89. The third kappa shape index (κ3) is 5.71. The van der Waals surface area contributed by atoms with Crippen molar-refractivity contribution >= 4 is 12.0 Å². The average molecular weight is 424 g/mol. The first-order chi connectivity index (χ1) is 14.9. The van der Waals surface area contributed by atoms with Gasteiger partial charge in [0.05, 0.1) is 12.6 Å². The molecule has 1 aromatic heterocycles. The van der Waals surface area contributed by atoms with Crippen LogP contribution >= 0.6 is 0 Å². The van der Waals surface area contributed by atoms with Crippen LogP contribution in [0.4, 0.5) is 0 Å². The lowest BCUT2D eigenvalue weighted by molar-refractivity contribution is 0.0325. The molecule has 0 radical (unpaired) electrons. The van der Waals surface area contributed by atoms with Crippen molar-refractivity contribution in [3.63, 3.8) is 0 Å². The molecule has 3 atom stereocenters. The summed E-state index contributed by atoms with van der Waals surface area (Å²) in [5.41, 5.74) is 2.53. The highest BCUT2D eigenvalue weighted by Gasteiger charge is 2.34. The number of ether oxygens (including phenoxy) is 1. The number of aromatic nitrogens is 1. The first-order valence-electron chi connectivity index (χ1n) is 10.9. The molecule has 1 N–H and O–H groups in total. The van der Waals surface area contributed by atoms with Gasteiger partial charge in [-0.2, -0.15) is 0 Å². The van der Waals surface area contributed by atoms with E-state index in [4.69, 9.17) is 4.74 Å². The van der Waals surface area contributed by atoms with Gasteiger partial charge in [-0.25, -0.2) is 4.98 Å². The van der Waals surface area contributed by atoms with E-state index in [-0.39, 0.29) is 30.6 Å². The van der Waals surface area contributed by atoms with Crippen LogP contribution in [-0.2, 0) is 6.54 Å². The van der Waals surface area contributed by atoms with Crippen LogP contribution in [0.3, 0.4) is 0 Å². The Hall–Kier alpha value is -2.70. The highest BCUT2D eigenvalue weighted by molar-refractivity contribution is 5.97. The third-order valence-corrected chi connectivity index (χ3v) is 5.69. The number of amides is 1. The van der Waals surface area contributed by atoms with Gasteiger partial charge in [-0.1, -0.05) is 49.4 Å². The van der Waals surface area contributed by atoms with Gasteiger partial charge in [0.2, 0.25) is 5.88 Å². The monoisotopic (exact) mass is 423 g/mol. The second kappa shape index (κ2) is 10.6. The zero-order valence-corrected chi connectivity index (χ0v) is 18.9. The van der Waals surface area contributed by atoms with E-state index < -0.39 is 0 Å². The molecule has 0 fully saturated rings. The van der Waals surface area contributed by atoms with Crippen molar-refractivity contribution in [1.82, 2.24) is 14.8 Å². The fraction of sp³-hybridized carbons (Fsp3) is 0.440. The summed E-state index contributed by atoms with van der Waals surface area (Å²) in [5.74, 6) is 0.276. The quantitative estimate of drug-likeness (QED) is 0.739. The topological polar surface area (TPSA) is 65.9 Å². The number of nitrogens with zero attached hydrogens (tertiary/aromatic N) is 3. The van der Waals surface area contributed by atoms with Crippen molar-refractivity contribution in [2.45, 2.75) is 39.5 Å². The summed E-state index contributed by atoms with van der Waals surface area (Å²) in [7, 11) is 2.07. The van der Waals surface area contributed by atoms with Gasteiger partial charge in [0.15, 0.2) is 0 Å². The minimum atomic E-state index is -0.283. The van der Waals surface area contributed by atoms with Gasteiger partial charge < -0.3 is 14.7 Å². The Labute approximate surface area is 185 Å². The predicted molar refractivity (Wildman–Crippen MR) is 123 cm³/mol. The lowest BCUT2D eigenvalue weighted by Crippen LogP contribution is -2.49. The highest BCUT2D eigenvalue weighted by Crippen LogP contribution is 2.27. The molecule has 0 bridgehead atoms. The SMILES string of the molecule is C/C=C/c1cnc2c(c1)C(=O)N([C@H](C)CO)C[C@@H](C)[C@H](CN(C)Cc1ccccc1)O2. The molecule has 0 spiro atoms. The summed E-state index contributed by atoms with van der Waals surface area (Å²) in [5, 5.41) is 9.76. The van der Waals surface area contributed by atoms with Crippen molar-refractivity contribution in [2.24, 2.45) is 5.92 Å². The number of likely N-dealkylation sites (N-methyl/N-ethyl adjacent to an activating group) is 1. The number of aliphatic hydroxyl groups is 1. The maximum Gasteiger partial charge on any atom is 0.259 e. The molecule has 1 amide bonds. The van der Waals surface area contributed by atoms with Crippen LogP contribution in [0.15, 0.2) is 48.7 Å². The van der Waals surface area contributed by atoms with E-state index in [1.54, 1.807) is 11.1 Å². The Morgan fingerprint density at radius 2 is 2.10 bits per heavy atom. The zero-order chi connectivity index (χ0) is 22.4. The number of carbonyl (C=O) groups is 1. The number of allylic oxidation sites excluding steroid dienone is 1. The van der Waals surface area contributed by atoms with Crippen molar-refractivity contribution < 1.29 is 14.6 Å². The summed E-state index contributed by atoms with van der Waals surface area (Å²) in [4.78, 5) is 21.8. The van der Waals surface area contributed by atoms with Gasteiger partial charge >= 0.3 is 0 Å². The number of rotatable bonds is 7. The minimum absolute atomic E-state index is 0.0707. The summed E-state index contributed by atoms with van der Waals surface area (Å²) in [6, 6.07) is 11.9. The van der Waals surface area contributed by atoms with E-state index in [1.165, 1.54) is 5.56 Å². The number of pyridine rings is 1. The Morgan fingerprint density at radius 3 is 2.77 bits per heavy atom. The largest absolute Gasteiger partial charge is 0.472 e. The molecular formula is C25H33N3O3. The molecule has 1 aliphatic rings. The van der Waals surface area contributed by atoms with Gasteiger partial charge in [0.25, 0.3) is 5.91 Å². The molecule has 31 heavy (non-hydrogen) atoms. The molecule has 0 saturated carbocycles. The number of carbonyl (C=O) groups excluding carboxylic acids is 1. The molecule has 0 unspecified atom stereocenters. The lowest BCUT2D eigenvalue weighted by Gasteiger charge is -2.37. The van der Waals surface area contributed by atoms with Gasteiger partial charge in [0.1, 0.15) is 11.7 Å². The molecule has 6 heteroatoms. The van der Waals surface area contributed by atoms with Crippen LogP contribution in [0.2, 0.25) is 0 Å². The number of aliphatic hydroxyl groups excluding tert-OH is 1. The van der Waals surface area contributed by atoms with Gasteiger partial charge in [-0.3, -0.25) is 9.69 Å². The Bertz CT molecular complexity index is 900. The fourth-order valence-electron chi connectivity index (χ4n) is 3.89. The third-order valence-electron chi connectivity index (χ3n) is 5.69. The Morgan fingerprint density at radius 1 is 1.35 bits per heavy atom. The van der Waals surface area contributed by atoms with E-state index in [0.29, 0.717) is 24.5 Å². The molecule has 0 aliphatic carbocycles. The molecule has 1 aromatic carbocycles. The van der Waals surface area contributed by atoms with Crippen LogP contribution in [0.1, 0.15) is 42.3 Å². The van der Waals surface area contributed by atoms with Crippen molar-refractivity contribution in [3.05, 3.63) is 65.4 Å². The summed E-state index contributed by atoms with van der Waals surface area (Å²) < 4.78 is 6.34. The summed E-state index contributed by atoms with van der Waals surface area (Å²) in [6.07, 6.45) is 5.40. The second-order valence-corrected chi connectivity index (χ2v) is 8.43. The number of hydrogen-bond donors (Lipinski definition) is 1. The lowest BCUT2D eigenvalue weighted by atomic mass is 9.99. The van der Waals surface area contributed by atoms with E-state index in [9.17, 15) is 9.90 Å². The molecule has 2 heterocycles. The van der Waals surface area contributed by atoms with Crippen LogP contribution in [0.5, 0.6) is 5.88 Å². The van der Waals surface area contributed by atoms with Crippen LogP contribution < -0.4 is 4.74 Å². The number of benzene rings is 1. The van der Waals surface area contributed by atoms with Crippen LogP contribution in [0.25, 0.3) is 6.08 Å². The maximum absolute atomic E-state index is 13.3. The standard InChI is InChI=1S/C25H33N3O3/c1-5-9-21-12-22-24(26-13-21)31-23(16-27(4)15-20-10-7-6-8-11-20)18(2)14-28(25(22)30)19(3)17-29/h5-13,18-19,23,29H,14-17H2,1-4H3/b9-5+/t18-,19-,23+/m1/s1. The summed E-state index contributed by atoms with van der Waals surface area (Å²) in [6.45, 7) is 7.81. The van der Waals surface area contributed by atoms with Crippen LogP contribution in [0, 0.1) is 5.92 Å². The minimum Gasteiger partial charge on any atom is -0.472 e. The normalized spacial score (nSPS) is 20.3. The Kier molecular flexibility index (Phi) is 7.82. The van der Waals surface area contributed by atoms with E-state index >= 15 is 0 Å². The smallest absolute Gasteiger partial charge is 0.259 e. The first kappa shape index (κ1) is 23.0. The van der Waals surface area contributed by atoms with Crippen molar-refractivity contribution in [3.8, 4) is 5.88 Å². The van der Waals surface area contributed by atoms with Gasteiger partial charge in [-0.05, 0) is 38.1 Å². The number of hydrogen-bond acceptors (Lipinski definition) is 5. The van der Waals surface area contributed by atoms with E-state index in [0.717, 1.165) is 12.1 Å². The van der Waals surface area contributed by atoms with Crippen LogP contribution in [-0.4, -0.2) is 64.7 Å². The molecule has 166 valence electrons. The molecule has 3 rings (SSSR count). The predicted octanol–water partition coefficient (Wildman–Crippen LogP) is 3.47. The van der Waals surface area contributed by atoms with Gasteiger partial charge in [-0.15, -0.1) is 0 Å². The highest BCUT2D eigenvalue weighted by atomic mass is 16.5. The number of fused-ring (bicyclic) bond motifs is 1. The zero-order valence-electron chi connectivity index (χ0n) is 18.9. The molecular weight excluding hydrogens is 390 g/mol. The molecule has 6 nitrogen and oxygen atoms in total. The van der Waals surface area contributed by atoms with Crippen molar-refractivity contribution in [1.29, 1.82) is 0 Å². The van der Waals surface area contributed by atoms with Gasteiger partial charge in [0, 0.05) is 31.7 Å².